The second-order valence-electron chi connectivity index (χ2n) is 12.5. The molecule has 0 aromatic rings. The molecule has 2 atom stereocenters. The van der Waals surface area contributed by atoms with Crippen molar-refractivity contribution in [2.75, 3.05) is 0 Å². The van der Waals surface area contributed by atoms with Gasteiger partial charge in [-0.15, -0.1) is 0 Å². The molecule has 232 valence electrons. The van der Waals surface area contributed by atoms with Gasteiger partial charge in [0, 0.05) is 0 Å². The topological polar surface area (TPSA) is 9.23 Å². The molecule has 0 aromatic carbocycles. The van der Waals surface area contributed by atoms with Crippen LogP contribution in [-0.2, 0) is 4.74 Å². The maximum atomic E-state index is 6.28. The fourth-order valence-corrected chi connectivity index (χ4v) is 5.54. The summed E-state index contributed by atoms with van der Waals surface area (Å²) in [5, 5.41) is 0. The molecular formula is C38H74O. The van der Waals surface area contributed by atoms with Gasteiger partial charge >= 0.3 is 0 Å². The van der Waals surface area contributed by atoms with Crippen LogP contribution in [0, 0.1) is 0 Å². The molecule has 1 heteroatoms. The lowest BCUT2D eigenvalue weighted by molar-refractivity contribution is -0.00232. The molecule has 0 aliphatic rings. The van der Waals surface area contributed by atoms with E-state index in [9.17, 15) is 0 Å². The van der Waals surface area contributed by atoms with Crippen LogP contribution in [0.15, 0.2) is 24.3 Å². The highest BCUT2D eigenvalue weighted by molar-refractivity contribution is 4.82. The summed E-state index contributed by atoms with van der Waals surface area (Å²) in [4.78, 5) is 0. The van der Waals surface area contributed by atoms with Gasteiger partial charge in [-0.25, -0.2) is 0 Å². The van der Waals surface area contributed by atoms with Gasteiger partial charge in [-0.2, -0.15) is 0 Å². The van der Waals surface area contributed by atoms with Crippen molar-refractivity contribution in [1.29, 1.82) is 0 Å². The lowest BCUT2D eigenvalue weighted by Gasteiger charge is -2.19. The minimum atomic E-state index is 0.430. The number of rotatable bonds is 32. The number of allylic oxidation sites excluding steroid dienone is 4. The third-order valence-electron chi connectivity index (χ3n) is 8.21. The first-order valence-electron chi connectivity index (χ1n) is 18.2. The Kier molecular flexibility index (Phi) is 33.2. The smallest absolute Gasteiger partial charge is 0.0550 e. The molecule has 0 aliphatic heterocycles. The quantitative estimate of drug-likeness (QED) is 0.0602. The molecule has 0 fully saturated rings. The average molecular weight is 547 g/mol. The van der Waals surface area contributed by atoms with Crippen LogP contribution in [0.2, 0.25) is 0 Å². The van der Waals surface area contributed by atoms with E-state index in [0.717, 1.165) is 0 Å². The van der Waals surface area contributed by atoms with Gasteiger partial charge in [0.25, 0.3) is 0 Å². The first-order valence-corrected chi connectivity index (χ1v) is 18.2. The van der Waals surface area contributed by atoms with Gasteiger partial charge in [-0.1, -0.05) is 154 Å². The van der Waals surface area contributed by atoms with E-state index in [1.807, 2.05) is 0 Å². The summed E-state index contributed by atoms with van der Waals surface area (Å²) < 4.78 is 6.28. The summed E-state index contributed by atoms with van der Waals surface area (Å²) in [7, 11) is 0. The van der Waals surface area contributed by atoms with Crippen LogP contribution in [0.1, 0.15) is 207 Å². The van der Waals surface area contributed by atoms with Crippen LogP contribution in [0.4, 0.5) is 0 Å². The molecule has 0 bridgehead atoms. The van der Waals surface area contributed by atoms with Crippen molar-refractivity contribution in [3.8, 4) is 0 Å². The van der Waals surface area contributed by atoms with Crippen molar-refractivity contribution in [2.24, 2.45) is 0 Å². The molecular weight excluding hydrogens is 472 g/mol. The van der Waals surface area contributed by atoms with E-state index in [1.54, 1.807) is 0 Å². The number of hydrogen-bond acceptors (Lipinski definition) is 1. The van der Waals surface area contributed by atoms with E-state index in [0.29, 0.717) is 12.2 Å². The third kappa shape index (κ3) is 33.5. The summed E-state index contributed by atoms with van der Waals surface area (Å²) in [6, 6.07) is 0. The predicted octanol–water partition coefficient (Wildman–Crippen LogP) is 13.9. The Bertz CT molecular complexity index is 449. The highest BCUT2D eigenvalue weighted by Crippen LogP contribution is 2.16. The SMILES string of the molecule is CCCCCCC=CCCCCCCCCCC(C)OC(C)CCCCCCCCCC=CCCCCCC. The van der Waals surface area contributed by atoms with Crippen LogP contribution in [-0.4, -0.2) is 12.2 Å². The van der Waals surface area contributed by atoms with Gasteiger partial charge in [0.1, 0.15) is 0 Å². The van der Waals surface area contributed by atoms with Crippen LogP contribution in [0.25, 0.3) is 0 Å². The summed E-state index contributed by atoms with van der Waals surface area (Å²) >= 11 is 0. The van der Waals surface area contributed by atoms with Crippen LogP contribution in [0.5, 0.6) is 0 Å². The molecule has 0 radical (unpaired) electrons. The molecule has 0 amide bonds. The Morgan fingerprint density at radius 2 is 0.615 bits per heavy atom. The van der Waals surface area contributed by atoms with Gasteiger partial charge in [0.2, 0.25) is 0 Å². The summed E-state index contributed by atoms with van der Waals surface area (Å²) in [6.45, 7) is 9.14. The lowest BCUT2D eigenvalue weighted by atomic mass is 10.0. The fraction of sp³-hybridized carbons (Fsp3) is 0.895. The second-order valence-corrected chi connectivity index (χ2v) is 12.5. The van der Waals surface area contributed by atoms with Crippen molar-refractivity contribution in [3.05, 3.63) is 24.3 Å². The zero-order valence-electron chi connectivity index (χ0n) is 27.7. The summed E-state index contributed by atoms with van der Waals surface area (Å²) in [5.41, 5.74) is 0. The summed E-state index contributed by atoms with van der Waals surface area (Å²) in [5.74, 6) is 0. The van der Waals surface area contributed by atoms with E-state index in [4.69, 9.17) is 4.74 Å². The zero-order chi connectivity index (χ0) is 28.5. The molecule has 0 rings (SSSR count). The van der Waals surface area contributed by atoms with E-state index in [2.05, 4.69) is 52.0 Å². The standard InChI is InChI=1S/C38H74O/c1-5-7-9-11-13-15-17-19-21-23-25-27-29-31-33-35-37(3)39-38(4)36-34-32-30-28-26-24-22-20-18-16-14-12-10-8-6-2/h15-18,37-38H,5-14,19-36H2,1-4H3. The molecule has 0 saturated carbocycles. The molecule has 1 nitrogen and oxygen atoms in total. The first-order chi connectivity index (χ1) is 19.2. The van der Waals surface area contributed by atoms with Crippen molar-refractivity contribution in [2.45, 2.75) is 220 Å². The average Bonchev–Trinajstić information content (AvgIpc) is 2.93. The second kappa shape index (κ2) is 33.6. The highest BCUT2D eigenvalue weighted by Gasteiger charge is 2.08. The monoisotopic (exact) mass is 547 g/mol. The van der Waals surface area contributed by atoms with Crippen LogP contribution < -0.4 is 0 Å². The molecule has 0 aromatic heterocycles. The third-order valence-corrected chi connectivity index (χ3v) is 8.21. The Hall–Kier alpha value is -0.560. The number of hydrogen-bond donors (Lipinski definition) is 0. The van der Waals surface area contributed by atoms with Crippen molar-refractivity contribution in [1.82, 2.24) is 0 Å². The Morgan fingerprint density at radius 1 is 0.359 bits per heavy atom. The molecule has 2 unspecified atom stereocenters. The van der Waals surface area contributed by atoms with Gasteiger partial charge in [-0.05, 0) is 78.1 Å². The zero-order valence-corrected chi connectivity index (χ0v) is 27.7. The van der Waals surface area contributed by atoms with Gasteiger partial charge < -0.3 is 4.74 Å². The van der Waals surface area contributed by atoms with Crippen LogP contribution >= 0.6 is 0 Å². The largest absolute Gasteiger partial charge is 0.376 e. The number of ether oxygens (including phenoxy) is 1. The minimum Gasteiger partial charge on any atom is -0.376 e. The van der Waals surface area contributed by atoms with Crippen LogP contribution in [0.3, 0.4) is 0 Å². The van der Waals surface area contributed by atoms with E-state index >= 15 is 0 Å². The van der Waals surface area contributed by atoms with Gasteiger partial charge in [0.05, 0.1) is 12.2 Å². The Labute approximate surface area is 248 Å². The molecule has 0 aliphatic carbocycles. The first kappa shape index (κ1) is 38.4. The molecule has 0 N–H and O–H groups in total. The Morgan fingerprint density at radius 3 is 0.923 bits per heavy atom. The number of unbranched alkanes of at least 4 members (excludes halogenated alkanes) is 22. The highest BCUT2D eigenvalue weighted by atomic mass is 16.5. The van der Waals surface area contributed by atoms with Gasteiger partial charge in [-0.3, -0.25) is 0 Å². The minimum absolute atomic E-state index is 0.430. The fourth-order valence-electron chi connectivity index (χ4n) is 5.54. The maximum absolute atomic E-state index is 6.28. The Balaban J connectivity index is 3.33. The van der Waals surface area contributed by atoms with Gasteiger partial charge in [0.15, 0.2) is 0 Å². The summed E-state index contributed by atoms with van der Waals surface area (Å²) in [6.07, 6.45) is 48.7. The lowest BCUT2D eigenvalue weighted by Crippen LogP contribution is -2.17. The van der Waals surface area contributed by atoms with E-state index < -0.39 is 0 Å². The molecule has 0 heterocycles. The predicted molar refractivity (Wildman–Crippen MR) is 179 cm³/mol. The van der Waals surface area contributed by atoms with Crippen molar-refractivity contribution in [3.63, 3.8) is 0 Å². The van der Waals surface area contributed by atoms with Crippen molar-refractivity contribution < 1.29 is 4.74 Å². The molecule has 39 heavy (non-hydrogen) atoms. The normalized spacial score (nSPS) is 13.6. The molecule has 0 spiro atoms. The van der Waals surface area contributed by atoms with Crippen molar-refractivity contribution >= 4 is 0 Å². The van der Waals surface area contributed by atoms with E-state index in [-0.39, 0.29) is 0 Å². The molecule has 0 saturated heterocycles. The maximum Gasteiger partial charge on any atom is 0.0550 e. The van der Waals surface area contributed by atoms with E-state index in [1.165, 1.54) is 180 Å².